The molecule has 0 spiro atoms. The summed E-state index contributed by atoms with van der Waals surface area (Å²) in [5.74, 6) is 1.16. The van der Waals surface area contributed by atoms with Crippen LogP contribution < -0.4 is 27.0 Å². The van der Waals surface area contributed by atoms with Crippen molar-refractivity contribution >= 4 is 29.4 Å². The van der Waals surface area contributed by atoms with Crippen molar-refractivity contribution in [3.8, 4) is 0 Å². The molecule has 0 radical (unpaired) electrons. The van der Waals surface area contributed by atoms with E-state index >= 15 is 0 Å². The van der Waals surface area contributed by atoms with Gasteiger partial charge >= 0.3 is 0 Å². The first kappa shape index (κ1) is 22.5. The predicted octanol–water partition coefficient (Wildman–Crippen LogP) is 3.01. The molecule has 2 aromatic carbocycles. The molecule has 4 rings (SSSR count). The lowest BCUT2D eigenvalue weighted by Crippen LogP contribution is -2.24. The molecule has 33 heavy (non-hydrogen) atoms. The van der Waals surface area contributed by atoms with Crippen molar-refractivity contribution in [1.29, 1.82) is 0 Å². The van der Waals surface area contributed by atoms with Crippen molar-refractivity contribution in [2.75, 3.05) is 35.6 Å². The number of nitrogens with two attached hydrogens (primary N) is 1. The van der Waals surface area contributed by atoms with Gasteiger partial charge in [-0.3, -0.25) is 4.79 Å². The fourth-order valence-corrected chi connectivity index (χ4v) is 3.71. The van der Waals surface area contributed by atoms with Gasteiger partial charge in [0, 0.05) is 30.4 Å². The number of aryl methyl sites for hydroxylation is 1. The number of nitrogens with zero attached hydrogens (tertiary/aromatic N) is 3. The zero-order valence-corrected chi connectivity index (χ0v) is 18.9. The third-order valence-corrected chi connectivity index (χ3v) is 5.73. The van der Waals surface area contributed by atoms with E-state index in [1.54, 1.807) is 12.1 Å². The summed E-state index contributed by atoms with van der Waals surface area (Å²) < 4.78 is 0. The maximum absolute atomic E-state index is 11.6. The Morgan fingerprint density at radius 2 is 1.88 bits per heavy atom. The molecule has 6 N–H and O–H groups in total. The van der Waals surface area contributed by atoms with E-state index < -0.39 is 5.91 Å². The Bertz CT molecular complexity index is 1100. The lowest BCUT2D eigenvalue weighted by Gasteiger charge is -2.17. The SMILES string of the molecule is Cc1ccc(C(N)=O)cc1Nc1nc(NCC(C)c2ccccc2)nc(N[C@H]2CCNC2)n1. The molecule has 1 aromatic heterocycles. The van der Waals surface area contributed by atoms with Crippen LogP contribution in [0.25, 0.3) is 0 Å². The second kappa shape index (κ2) is 10.3. The van der Waals surface area contributed by atoms with Crippen LogP contribution in [-0.4, -0.2) is 46.5 Å². The summed E-state index contributed by atoms with van der Waals surface area (Å²) in [6.45, 7) is 6.60. The van der Waals surface area contributed by atoms with Gasteiger partial charge < -0.3 is 27.0 Å². The van der Waals surface area contributed by atoms with Crippen LogP contribution in [0.2, 0.25) is 0 Å². The lowest BCUT2D eigenvalue weighted by atomic mass is 10.0. The molecule has 0 saturated carbocycles. The second-order valence-electron chi connectivity index (χ2n) is 8.35. The minimum absolute atomic E-state index is 0.260. The van der Waals surface area contributed by atoms with Crippen molar-refractivity contribution in [3.63, 3.8) is 0 Å². The standard InChI is InChI=1S/C24H30N8O/c1-15-8-9-18(21(25)33)12-20(15)29-24-31-22(27-13-16(2)17-6-4-3-5-7-17)30-23(32-24)28-19-10-11-26-14-19/h3-9,12,16,19,26H,10-11,13-14H2,1-2H3,(H2,25,33)(H3,27,28,29,30,31,32)/t16?,19-/m0/s1. The molecule has 9 nitrogen and oxygen atoms in total. The Balaban J connectivity index is 1.56. The number of carbonyl (C=O) groups excluding carboxylic acids is 1. The van der Waals surface area contributed by atoms with Gasteiger partial charge in [-0.15, -0.1) is 0 Å². The van der Waals surface area contributed by atoms with E-state index in [1.807, 2.05) is 31.2 Å². The third kappa shape index (κ3) is 5.95. The average Bonchev–Trinajstić information content (AvgIpc) is 3.32. The van der Waals surface area contributed by atoms with Gasteiger partial charge in [-0.2, -0.15) is 15.0 Å². The Morgan fingerprint density at radius 1 is 1.12 bits per heavy atom. The number of carbonyl (C=O) groups is 1. The number of hydrogen-bond acceptors (Lipinski definition) is 8. The molecule has 2 heterocycles. The van der Waals surface area contributed by atoms with Crippen LogP contribution in [0, 0.1) is 6.92 Å². The maximum Gasteiger partial charge on any atom is 0.248 e. The maximum atomic E-state index is 11.6. The van der Waals surface area contributed by atoms with Gasteiger partial charge in [-0.05, 0) is 49.1 Å². The van der Waals surface area contributed by atoms with E-state index in [9.17, 15) is 4.79 Å². The number of nitrogens with one attached hydrogen (secondary N) is 4. The molecule has 0 aliphatic carbocycles. The van der Waals surface area contributed by atoms with E-state index in [1.165, 1.54) is 5.56 Å². The number of primary amides is 1. The van der Waals surface area contributed by atoms with E-state index in [4.69, 9.17) is 5.73 Å². The molecule has 1 aliphatic heterocycles. The highest BCUT2D eigenvalue weighted by Crippen LogP contribution is 2.22. The summed E-state index contributed by atoms with van der Waals surface area (Å²) in [6, 6.07) is 15.8. The van der Waals surface area contributed by atoms with Crippen LogP contribution in [0.5, 0.6) is 0 Å². The zero-order valence-electron chi connectivity index (χ0n) is 18.9. The van der Waals surface area contributed by atoms with Crippen LogP contribution in [0.1, 0.15) is 40.7 Å². The Morgan fingerprint density at radius 3 is 2.61 bits per heavy atom. The molecule has 1 unspecified atom stereocenters. The Hall–Kier alpha value is -3.72. The first-order valence-corrected chi connectivity index (χ1v) is 11.2. The number of hydrogen-bond donors (Lipinski definition) is 5. The summed E-state index contributed by atoms with van der Waals surface area (Å²) >= 11 is 0. The second-order valence-corrected chi connectivity index (χ2v) is 8.35. The van der Waals surface area contributed by atoms with Crippen molar-refractivity contribution in [3.05, 3.63) is 65.2 Å². The normalized spacial score (nSPS) is 16.2. The van der Waals surface area contributed by atoms with E-state index in [2.05, 4.69) is 55.3 Å². The molecule has 1 aliphatic rings. The Kier molecular flexibility index (Phi) is 6.99. The van der Waals surface area contributed by atoms with Crippen LogP contribution in [-0.2, 0) is 0 Å². The van der Waals surface area contributed by atoms with Crippen molar-refractivity contribution in [2.45, 2.75) is 32.2 Å². The van der Waals surface area contributed by atoms with Crippen LogP contribution in [0.4, 0.5) is 23.5 Å². The van der Waals surface area contributed by atoms with Crippen LogP contribution >= 0.6 is 0 Å². The van der Waals surface area contributed by atoms with E-state index in [-0.39, 0.29) is 12.0 Å². The number of rotatable bonds is 9. The van der Waals surface area contributed by atoms with Gasteiger partial charge in [0.15, 0.2) is 0 Å². The van der Waals surface area contributed by atoms with Gasteiger partial charge in [0.2, 0.25) is 23.8 Å². The summed E-state index contributed by atoms with van der Waals surface area (Å²) in [7, 11) is 0. The smallest absolute Gasteiger partial charge is 0.248 e. The average molecular weight is 447 g/mol. The molecular formula is C24H30N8O. The van der Waals surface area contributed by atoms with Crippen LogP contribution in [0.15, 0.2) is 48.5 Å². The van der Waals surface area contributed by atoms with Crippen molar-refractivity contribution < 1.29 is 4.79 Å². The monoisotopic (exact) mass is 446 g/mol. The molecule has 1 saturated heterocycles. The molecule has 2 atom stereocenters. The lowest BCUT2D eigenvalue weighted by molar-refractivity contribution is 0.100. The summed E-state index contributed by atoms with van der Waals surface area (Å²) in [5.41, 5.74) is 8.77. The zero-order chi connectivity index (χ0) is 23.2. The molecule has 9 heteroatoms. The summed E-state index contributed by atoms with van der Waals surface area (Å²) in [5, 5.41) is 13.3. The molecule has 3 aromatic rings. The molecule has 172 valence electrons. The first-order valence-electron chi connectivity index (χ1n) is 11.2. The molecule has 1 fully saturated rings. The van der Waals surface area contributed by atoms with Crippen molar-refractivity contribution in [1.82, 2.24) is 20.3 Å². The predicted molar refractivity (Wildman–Crippen MR) is 131 cm³/mol. The number of benzene rings is 2. The molecular weight excluding hydrogens is 416 g/mol. The van der Waals surface area contributed by atoms with Gasteiger partial charge in [-0.25, -0.2) is 0 Å². The van der Waals surface area contributed by atoms with E-state index in [0.717, 1.165) is 30.8 Å². The Labute approximate surface area is 193 Å². The van der Waals surface area contributed by atoms with Gasteiger partial charge in [0.1, 0.15) is 0 Å². The van der Waals surface area contributed by atoms with Gasteiger partial charge in [0.05, 0.1) is 0 Å². The minimum Gasteiger partial charge on any atom is -0.366 e. The number of amides is 1. The third-order valence-electron chi connectivity index (χ3n) is 5.73. The number of anilines is 4. The quantitative estimate of drug-likeness (QED) is 0.339. The number of aromatic nitrogens is 3. The fraction of sp³-hybridized carbons (Fsp3) is 0.333. The largest absolute Gasteiger partial charge is 0.366 e. The van der Waals surface area contributed by atoms with Crippen molar-refractivity contribution in [2.24, 2.45) is 5.73 Å². The summed E-state index contributed by atoms with van der Waals surface area (Å²) in [6.07, 6.45) is 1.00. The summed E-state index contributed by atoms with van der Waals surface area (Å²) in [4.78, 5) is 25.3. The fourth-order valence-electron chi connectivity index (χ4n) is 3.71. The van der Waals surface area contributed by atoms with Gasteiger partial charge in [0.25, 0.3) is 0 Å². The van der Waals surface area contributed by atoms with Crippen LogP contribution in [0.3, 0.4) is 0 Å². The van der Waals surface area contributed by atoms with Gasteiger partial charge in [-0.1, -0.05) is 43.3 Å². The molecule has 0 bridgehead atoms. The highest BCUT2D eigenvalue weighted by Gasteiger charge is 2.17. The molecule has 1 amide bonds. The first-order chi connectivity index (χ1) is 16.0. The minimum atomic E-state index is -0.484. The highest BCUT2D eigenvalue weighted by molar-refractivity contribution is 5.94. The topological polar surface area (TPSA) is 130 Å². The van der Waals surface area contributed by atoms with E-state index in [0.29, 0.717) is 30.0 Å². The highest BCUT2D eigenvalue weighted by atomic mass is 16.1.